The second-order valence-corrected chi connectivity index (χ2v) is 8.78. The Labute approximate surface area is 190 Å². The number of oxazole rings is 1. The Kier molecular flexibility index (Phi) is 6.24. The summed E-state index contributed by atoms with van der Waals surface area (Å²) in [5.41, 5.74) is 2.21. The van der Waals surface area contributed by atoms with Gasteiger partial charge >= 0.3 is 5.76 Å². The lowest BCUT2D eigenvalue weighted by molar-refractivity contribution is -0.121. The van der Waals surface area contributed by atoms with Crippen LogP contribution in [0, 0.1) is 17.2 Å². The van der Waals surface area contributed by atoms with E-state index < -0.39 is 5.76 Å². The molecule has 7 nitrogen and oxygen atoms in total. The van der Waals surface area contributed by atoms with Crippen LogP contribution in [-0.4, -0.2) is 16.6 Å². The van der Waals surface area contributed by atoms with Crippen molar-refractivity contribution in [1.82, 2.24) is 4.57 Å². The van der Waals surface area contributed by atoms with E-state index >= 15 is 0 Å². The van der Waals surface area contributed by atoms with Crippen LogP contribution in [0.15, 0.2) is 45.6 Å². The summed E-state index contributed by atoms with van der Waals surface area (Å²) in [4.78, 5) is 24.8. The van der Waals surface area contributed by atoms with Gasteiger partial charge in [-0.2, -0.15) is 5.26 Å². The van der Waals surface area contributed by atoms with Crippen LogP contribution >= 0.6 is 11.6 Å². The van der Waals surface area contributed by atoms with E-state index in [1.54, 1.807) is 41.0 Å². The lowest BCUT2D eigenvalue weighted by atomic mass is 9.86. The zero-order valence-electron chi connectivity index (χ0n) is 17.9. The van der Waals surface area contributed by atoms with Crippen molar-refractivity contribution in [3.8, 4) is 11.8 Å². The van der Waals surface area contributed by atoms with Gasteiger partial charge in [0.2, 0.25) is 5.91 Å². The number of benzene rings is 2. The number of nitrogens with one attached hydrogen (secondary N) is 1. The molecule has 1 aliphatic carbocycles. The van der Waals surface area contributed by atoms with Crippen molar-refractivity contribution in [1.29, 1.82) is 5.26 Å². The summed E-state index contributed by atoms with van der Waals surface area (Å²) >= 11 is 6.03. The van der Waals surface area contributed by atoms with Crippen molar-refractivity contribution < 1.29 is 13.9 Å². The first kappa shape index (κ1) is 22.0. The standard InChI is InChI=1S/C24H24ClN3O4/c1-14(2)28-20-10-7-18(12-22(20)32-24(28)30)27-23(29)15-4-8-19(9-5-15)31-21-11-17(25)6-3-16(21)13-26/h3,6-7,10-12,14-15,19H,4-5,8-9H2,1-2H3,(H,27,29). The van der Waals surface area contributed by atoms with E-state index in [0.29, 0.717) is 58.8 Å². The zero-order chi connectivity index (χ0) is 22.8. The number of carbonyl (C=O) groups excluding carboxylic acids is 1. The number of fused-ring (bicyclic) bond motifs is 1. The minimum Gasteiger partial charge on any atom is -0.489 e. The molecule has 0 saturated heterocycles. The van der Waals surface area contributed by atoms with Crippen molar-refractivity contribution >= 4 is 34.3 Å². The molecule has 0 bridgehead atoms. The first-order valence-electron chi connectivity index (χ1n) is 10.7. The summed E-state index contributed by atoms with van der Waals surface area (Å²) in [7, 11) is 0. The molecule has 8 heteroatoms. The van der Waals surface area contributed by atoms with Crippen molar-refractivity contribution in [3.63, 3.8) is 0 Å². The fourth-order valence-corrected chi connectivity index (χ4v) is 4.32. The van der Waals surface area contributed by atoms with Gasteiger partial charge in [0.15, 0.2) is 5.58 Å². The van der Waals surface area contributed by atoms with Crippen molar-refractivity contribution in [2.45, 2.75) is 51.7 Å². The van der Waals surface area contributed by atoms with Crippen molar-refractivity contribution in [2.24, 2.45) is 5.92 Å². The summed E-state index contributed by atoms with van der Waals surface area (Å²) in [5, 5.41) is 12.7. The highest BCUT2D eigenvalue weighted by molar-refractivity contribution is 6.30. The van der Waals surface area contributed by atoms with Crippen LogP contribution in [0.25, 0.3) is 11.1 Å². The Morgan fingerprint density at radius 1 is 1.22 bits per heavy atom. The molecule has 1 aromatic heterocycles. The number of nitrogens with zero attached hydrogens (tertiary/aromatic N) is 2. The first-order valence-corrected chi connectivity index (χ1v) is 11.1. The van der Waals surface area contributed by atoms with Crippen LogP contribution in [0.3, 0.4) is 0 Å². The van der Waals surface area contributed by atoms with Gasteiger partial charge in [-0.15, -0.1) is 0 Å². The van der Waals surface area contributed by atoms with E-state index in [1.807, 2.05) is 13.8 Å². The SMILES string of the molecule is CC(C)n1c(=O)oc2cc(NC(=O)C3CCC(Oc4cc(Cl)ccc4C#N)CC3)ccc21. The average Bonchev–Trinajstić information content (AvgIpc) is 3.09. The number of nitriles is 1. The zero-order valence-corrected chi connectivity index (χ0v) is 18.7. The lowest BCUT2D eigenvalue weighted by Gasteiger charge is -2.28. The molecule has 0 aliphatic heterocycles. The number of hydrogen-bond acceptors (Lipinski definition) is 5. The summed E-state index contributed by atoms with van der Waals surface area (Å²) in [6, 6.07) is 12.3. The van der Waals surface area contributed by atoms with Crippen LogP contribution in [0.5, 0.6) is 5.75 Å². The van der Waals surface area contributed by atoms with E-state index in [4.69, 9.17) is 20.8 Å². The maximum absolute atomic E-state index is 12.8. The molecule has 2 aromatic carbocycles. The Bertz CT molecular complexity index is 1250. The third kappa shape index (κ3) is 4.51. The van der Waals surface area contributed by atoms with E-state index in [-0.39, 0.29) is 24.0 Å². The molecule has 0 radical (unpaired) electrons. The predicted molar refractivity (Wildman–Crippen MR) is 122 cm³/mol. The molecule has 4 rings (SSSR count). The van der Waals surface area contributed by atoms with Gasteiger partial charge in [-0.3, -0.25) is 9.36 Å². The topological polar surface area (TPSA) is 97.3 Å². The van der Waals surface area contributed by atoms with Gasteiger partial charge < -0.3 is 14.5 Å². The largest absolute Gasteiger partial charge is 0.489 e. The molecule has 3 aromatic rings. The quantitative estimate of drug-likeness (QED) is 0.567. The highest BCUT2D eigenvalue weighted by Crippen LogP contribution is 2.31. The van der Waals surface area contributed by atoms with Crippen molar-refractivity contribution in [2.75, 3.05) is 5.32 Å². The monoisotopic (exact) mass is 453 g/mol. The van der Waals surface area contributed by atoms with Crippen LogP contribution in [0.2, 0.25) is 5.02 Å². The number of amides is 1. The molecule has 0 spiro atoms. The molecular weight excluding hydrogens is 430 g/mol. The fourth-order valence-electron chi connectivity index (χ4n) is 4.16. The fraction of sp³-hybridized carbons (Fsp3) is 0.375. The first-order chi connectivity index (χ1) is 15.4. The number of rotatable bonds is 5. The molecule has 0 unspecified atom stereocenters. The number of anilines is 1. The third-order valence-electron chi connectivity index (χ3n) is 5.80. The number of ether oxygens (including phenoxy) is 1. The smallest absolute Gasteiger partial charge is 0.420 e. The number of aromatic nitrogens is 1. The maximum atomic E-state index is 12.8. The van der Waals surface area contributed by atoms with Crippen LogP contribution < -0.4 is 15.8 Å². The highest BCUT2D eigenvalue weighted by Gasteiger charge is 2.28. The van der Waals surface area contributed by atoms with Gasteiger partial charge in [0, 0.05) is 34.8 Å². The van der Waals surface area contributed by atoms with E-state index in [1.165, 1.54) is 0 Å². The normalized spacial score (nSPS) is 18.5. The van der Waals surface area contributed by atoms with Crippen molar-refractivity contribution in [3.05, 3.63) is 57.5 Å². The maximum Gasteiger partial charge on any atom is 0.420 e. The van der Waals surface area contributed by atoms with E-state index in [2.05, 4.69) is 11.4 Å². The van der Waals surface area contributed by atoms with Gasteiger partial charge in [0.05, 0.1) is 17.2 Å². The van der Waals surface area contributed by atoms with Crippen LogP contribution in [0.4, 0.5) is 5.69 Å². The number of carbonyl (C=O) groups is 1. The Hall–Kier alpha value is -3.24. The molecule has 166 valence electrons. The Morgan fingerprint density at radius 3 is 2.66 bits per heavy atom. The number of halogens is 1. The molecule has 0 atom stereocenters. The molecular formula is C24H24ClN3O4. The Morgan fingerprint density at radius 2 is 1.97 bits per heavy atom. The second-order valence-electron chi connectivity index (χ2n) is 8.35. The molecule has 32 heavy (non-hydrogen) atoms. The minimum atomic E-state index is -0.406. The molecule has 1 amide bonds. The number of hydrogen-bond donors (Lipinski definition) is 1. The lowest BCUT2D eigenvalue weighted by Crippen LogP contribution is -2.31. The molecule has 1 saturated carbocycles. The van der Waals surface area contributed by atoms with E-state index in [0.717, 1.165) is 0 Å². The summed E-state index contributed by atoms with van der Waals surface area (Å²) in [6.07, 6.45) is 2.72. The minimum absolute atomic E-state index is 0.0160. The van der Waals surface area contributed by atoms with Gasteiger partial charge in [-0.1, -0.05) is 11.6 Å². The predicted octanol–water partition coefficient (Wildman–Crippen LogP) is 5.28. The summed E-state index contributed by atoms with van der Waals surface area (Å²) in [5.74, 6) is -0.117. The highest BCUT2D eigenvalue weighted by atomic mass is 35.5. The average molecular weight is 454 g/mol. The van der Waals surface area contributed by atoms with Crippen LogP contribution in [0.1, 0.15) is 51.1 Å². The molecule has 1 aliphatic rings. The van der Waals surface area contributed by atoms with Gasteiger partial charge in [0.1, 0.15) is 11.8 Å². The van der Waals surface area contributed by atoms with E-state index in [9.17, 15) is 14.9 Å². The van der Waals surface area contributed by atoms with Gasteiger partial charge in [0.25, 0.3) is 0 Å². The molecule has 1 heterocycles. The molecule has 1 N–H and O–H groups in total. The molecule has 1 fully saturated rings. The third-order valence-corrected chi connectivity index (χ3v) is 6.04. The summed E-state index contributed by atoms with van der Waals surface area (Å²) < 4.78 is 12.9. The second kappa shape index (κ2) is 9.09. The summed E-state index contributed by atoms with van der Waals surface area (Å²) in [6.45, 7) is 3.83. The van der Waals surface area contributed by atoms with Crippen LogP contribution in [-0.2, 0) is 4.79 Å². The van der Waals surface area contributed by atoms with Gasteiger partial charge in [-0.05, 0) is 63.8 Å². The Balaban J connectivity index is 1.37. The van der Waals surface area contributed by atoms with Gasteiger partial charge in [-0.25, -0.2) is 4.79 Å².